The number of likely N-dealkylation sites (tertiary alicyclic amines) is 1. The van der Waals surface area contributed by atoms with Crippen molar-refractivity contribution in [2.45, 2.75) is 62.2 Å². The molecule has 1 spiro atoms. The van der Waals surface area contributed by atoms with E-state index < -0.39 is 0 Å². The average Bonchev–Trinajstić information content (AvgIpc) is 2.56. The number of hydrogen-bond acceptors (Lipinski definition) is 2. The van der Waals surface area contributed by atoms with Gasteiger partial charge in [0.15, 0.2) is 0 Å². The van der Waals surface area contributed by atoms with E-state index in [-0.39, 0.29) is 22.2 Å². The van der Waals surface area contributed by atoms with Crippen LogP contribution in [0.4, 0.5) is 0 Å². The first-order chi connectivity index (χ1) is 7.57. The van der Waals surface area contributed by atoms with E-state index in [0.29, 0.717) is 6.42 Å². The number of halogens is 1. The van der Waals surface area contributed by atoms with Crippen molar-refractivity contribution in [2.24, 2.45) is 0 Å². The molecule has 1 aliphatic heterocycles. The number of carbonyl (C=O) groups excluding carboxylic acids is 2. The second-order valence-electron chi connectivity index (χ2n) is 4.97. The van der Waals surface area contributed by atoms with Crippen molar-refractivity contribution in [1.82, 2.24) is 4.90 Å². The van der Waals surface area contributed by atoms with Crippen molar-refractivity contribution in [3.05, 3.63) is 0 Å². The Balaban J connectivity index is 2.24. The molecule has 1 unspecified atom stereocenters. The zero-order valence-corrected chi connectivity index (χ0v) is 11.3. The Morgan fingerprint density at radius 3 is 2.50 bits per heavy atom. The molecular weight excluding hydrogens is 270 g/mol. The topological polar surface area (TPSA) is 37.4 Å². The van der Waals surface area contributed by atoms with Gasteiger partial charge in [-0.15, -0.1) is 0 Å². The monoisotopic (exact) mass is 287 g/mol. The third-order valence-electron chi connectivity index (χ3n) is 3.87. The Morgan fingerprint density at radius 2 is 1.94 bits per heavy atom. The number of hydrogen-bond donors (Lipinski definition) is 0. The lowest BCUT2D eigenvalue weighted by molar-refractivity contribution is -0.147. The molecule has 0 aromatic carbocycles. The first-order valence-electron chi connectivity index (χ1n) is 6.08. The van der Waals surface area contributed by atoms with Crippen LogP contribution in [0.1, 0.15) is 51.9 Å². The summed E-state index contributed by atoms with van der Waals surface area (Å²) >= 11 is 3.28. The Kier molecular flexibility index (Phi) is 3.38. The first kappa shape index (κ1) is 12.1. The predicted molar refractivity (Wildman–Crippen MR) is 65.3 cm³/mol. The van der Waals surface area contributed by atoms with Gasteiger partial charge in [0.25, 0.3) is 0 Å². The molecule has 0 N–H and O–H groups in total. The summed E-state index contributed by atoms with van der Waals surface area (Å²) in [5, 5.41) is 0. The Bertz CT molecular complexity index is 308. The quantitative estimate of drug-likeness (QED) is 0.696. The predicted octanol–water partition coefficient (Wildman–Crippen LogP) is 2.62. The third-order valence-corrected chi connectivity index (χ3v) is 4.26. The van der Waals surface area contributed by atoms with Crippen molar-refractivity contribution < 1.29 is 9.59 Å². The molecule has 1 heterocycles. The minimum atomic E-state index is -0.256. The summed E-state index contributed by atoms with van der Waals surface area (Å²) in [6, 6.07) is 0. The van der Waals surface area contributed by atoms with Crippen LogP contribution in [0.2, 0.25) is 0 Å². The van der Waals surface area contributed by atoms with Crippen molar-refractivity contribution in [3.8, 4) is 0 Å². The second-order valence-corrected chi connectivity index (χ2v) is 6.34. The molecule has 2 aliphatic rings. The molecule has 1 atom stereocenters. The Morgan fingerprint density at radius 1 is 1.31 bits per heavy atom. The molecule has 0 aromatic rings. The number of amides is 2. The van der Waals surface area contributed by atoms with Gasteiger partial charge >= 0.3 is 0 Å². The maximum Gasteiger partial charge on any atom is 0.243 e. The minimum absolute atomic E-state index is 0.0261. The fourth-order valence-electron chi connectivity index (χ4n) is 3.05. The summed E-state index contributed by atoms with van der Waals surface area (Å²) < 4.78 is 0. The van der Waals surface area contributed by atoms with Gasteiger partial charge in [0.1, 0.15) is 0 Å². The zero-order chi connectivity index (χ0) is 11.8. The molecule has 2 rings (SSSR count). The van der Waals surface area contributed by atoms with Crippen molar-refractivity contribution in [1.29, 1.82) is 0 Å². The smallest absolute Gasteiger partial charge is 0.243 e. The highest BCUT2D eigenvalue weighted by atomic mass is 79.9. The van der Waals surface area contributed by atoms with Gasteiger partial charge in [-0.05, 0) is 26.2 Å². The maximum absolute atomic E-state index is 12.1. The standard InChI is InChI=1S/C12H18BrNO2/c1-9(13)11(16)14-10(15)5-8-12(14)6-3-2-4-7-12/h9H,2-8H2,1H3. The normalized spacial score (nSPS) is 26.1. The van der Waals surface area contributed by atoms with Crippen LogP contribution < -0.4 is 0 Å². The van der Waals surface area contributed by atoms with Gasteiger partial charge in [-0.3, -0.25) is 14.5 Å². The summed E-state index contributed by atoms with van der Waals surface area (Å²) in [4.78, 5) is 25.3. The van der Waals surface area contributed by atoms with Crippen molar-refractivity contribution >= 4 is 27.7 Å². The SMILES string of the molecule is CC(Br)C(=O)N1C(=O)CCC12CCCCC2. The van der Waals surface area contributed by atoms with E-state index >= 15 is 0 Å². The number of imide groups is 1. The fourth-order valence-corrected chi connectivity index (χ4v) is 3.25. The van der Waals surface area contributed by atoms with Crippen LogP contribution in [-0.2, 0) is 9.59 Å². The van der Waals surface area contributed by atoms with Crippen LogP contribution in [0.3, 0.4) is 0 Å². The molecule has 1 saturated carbocycles. The lowest BCUT2D eigenvalue weighted by Gasteiger charge is -2.40. The minimum Gasteiger partial charge on any atom is -0.275 e. The second kappa shape index (κ2) is 4.47. The van der Waals surface area contributed by atoms with Crippen LogP contribution >= 0.6 is 15.9 Å². The number of rotatable bonds is 1. The summed E-state index contributed by atoms with van der Waals surface area (Å²) in [6.45, 7) is 1.80. The molecule has 90 valence electrons. The van der Waals surface area contributed by atoms with Crippen LogP contribution in [0.5, 0.6) is 0 Å². The largest absolute Gasteiger partial charge is 0.275 e. The fraction of sp³-hybridized carbons (Fsp3) is 0.833. The van der Waals surface area contributed by atoms with E-state index in [1.54, 1.807) is 11.8 Å². The van der Waals surface area contributed by atoms with E-state index in [1.807, 2.05) is 0 Å². The zero-order valence-electron chi connectivity index (χ0n) is 9.67. The number of carbonyl (C=O) groups is 2. The van der Waals surface area contributed by atoms with Gasteiger partial charge in [0, 0.05) is 6.42 Å². The van der Waals surface area contributed by atoms with E-state index in [4.69, 9.17) is 0 Å². The summed E-state index contributed by atoms with van der Waals surface area (Å²) in [7, 11) is 0. The van der Waals surface area contributed by atoms with E-state index in [9.17, 15) is 9.59 Å². The molecule has 16 heavy (non-hydrogen) atoms. The molecule has 4 heteroatoms. The number of alkyl halides is 1. The van der Waals surface area contributed by atoms with Crippen LogP contribution in [-0.4, -0.2) is 27.1 Å². The number of nitrogens with zero attached hydrogens (tertiary/aromatic N) is 1. The molecule has 0 aromatic heterocycles. The molecule has 0 bridgehead atoms. The lowest BCUT2D eigenvalue weighted by Crippen LogP contribution is -2.52. The average molecular weight is 288 g/mol. The van der Waals surface area contributed by atoms with Crippen molar-refractivity contribution in [2.75, 3.05) is 0 Å². The molecule has 2 amide bonds. The summed E-state index contributed by atoms with van der Waals surface area (Å²) in [5.41, 5.74) is -0.131. The lowest BCUT2D eigenvalue weighted by atomic mass is 9.79. The molecular formula is C12H18BrNO2. The highest BCUT2D eigenvalue weighted by Gasteiger charge is 2.49. The van der Waals surface area contributed by atoms with Gasteiger partial charge in [-0.1, -0.05) is 35.2 Å². The third kappa shape index (κ3) is 1.92. The molecule has 0 radical (unpaired) electrons. The van der Waals surface area contributed by atoms with Gasteiger partial charge in [0.05, 0.1) is 10.4 Å². The highest BCUT2D eigenvalue weighted by molar-refractivity contribution is 9.10. The van der Waals surface area contributed by atoms with Crippen LogP contribution in [0, 0.1) is 0 Å². The van der Waals surface area contributed by atoms with E-state index in [0.717, 1.165) is 32.1 Å². The Labute approximate surface area is 105 Å². The van der Waals surface area contributed by atoms with Gasteiger partial charge < -0.3 is 0 Å². The summed E-state index contributed by atoms with van der Waals surface area (Å²) in [6.07, 6.45) is 6.96. The van der Waals surface area contributed by atoms with Crippen molar-refractivity contribution in [3.63, 3.8) is 0 Å². The van der Waals surface area contributed by atoms with Crippen LogP contribution in [0.15, 0.2) is 0 Å². The van der Waals surface area contributed by atoms with Gasteiger partial charge in [-0.2, -0.15) is 0 Å². The molecule has 1 aliphatic carbocycles. The first-order valence-corrected chi connectivity index (χ1v) is 6.99. The van der Waals surface area contributed by atoms with Crippen LogP contribution in [0.25, 0.3) is 0 Å². The Hall–Kier alpha value is -0.380. The van der Waals surface area contributed by atoms with Gasteiger partial charge in [-0.25, -0.2) is 0 Å². The summed E-state index contributed by atoms with van der Waals surface area (Å²) in [5.74, 6) is -0.0254. The highest BCUT2D eigenvalue weighted by Crippen LogP contribution is 2.42. The molecule has 3 nitrogen and oxygen atoms in total. The molecule has 2 fully saturated rings. The molecule has 1 saturated heterocycles. The van der Waals surface area contributed by atoms with E-state index in [1.165, 1.54) is 6.42 Å². The van der Waals surface area contributed by atoms with Gasteiger partial charge in [0.2, 0.25) is 11.8 Å². The van der Waals surface area contributed by atoms with E-state index in [2.05, 4.69) is 15.9 Å². The maximum atomic E-state index is 12.1.